The third-order valence-electron chi connectivity index (χ3n) is 7.96. The lowest BCUT2D eigenvalue weighted by atomic mass is 9.74. The third kappa shape index (κ3) is 6.48. The van der Waals surface area contributed by atoms with Crippen molar-refractivity contribution in [2.45, 2.75) is 144 Å². The molecular formula is C34H54O2. The molecule has 2 rings (SSSR count). The lowest BCUT2D eigenvalue weighted by molar-refractivity contribution is 0.437. The average Bonchev–Trinajstić information content (AvgIpc) is 2.76. The van der Waals surface area contributed by atoms with Crippen LogP contribution < -0.4 is 0 Å². The Hall–Kier alpha value is -1.96. The summed E-state index contributed by atoms with van der Waals surface area (Å²) in [7, 11) is 0. The van der Waals surface area contributed by atoms with Crippen molar-refractivity contribution < 1.29 is 10.2 Å². The largest absolute Gasteiger partial charge is 0.507 e. The number of phenolic OH excluding ortho intramolecular Hbond substituents is 2. The Morgan fingerprint density at radius 2 is 1.00 bits per heavy atom. The summed E-state index contributed by atoms with van der Waals surface area (Å²) in [5, 5.41) is 22.8. The van der Waals surface area contributed by atoms with Crippen LogP contribution in [0.25, 0.3) is 0 Å². The van der Waals surface area contributed by atoms with E-state index in [1.165, 1.54) is 22.3 Å². The topological polar surface area (TPSA) is 40.5 Å². The summed E-state index contributed by atoms with van der Waals surface area (Å²) in [6.07, 6.45) is 8.32. The van der Waals surface area contributed by atoms with Gasteiger partial charge in [0.15, 0.2) is 0 Å². The first-order valence-electron chi connectivity index (χ1n) is 14.4. The molecule has 0 spiro atoms. The molecule has 0 saturated heterocycles. The van der Waals surface area contributed by atoms with Crippen molar-refractivity contribution in [1.82, 2.24) is 0 Å². The van der Waals surface area contributed by atoms with Crippen LogP contribution >= 0.6 is 0 Å². The molecule has 0 saturated carbocycles. The van der Waals surface area contributed by atoms with E-state index in [-0.39, 0.29) is 16.7 Å². The summed E-state index contributed by atoms with van der Waals surface area (Å²) in [5.74, 6) is 1.22. The molecule has 0 bridgehead atoms. The van der Waals surface area contributed by atoms with Crippen molar-refractivity contribution in [2.24, 2.45) is 0 Å². The summed E-state index contributed by atoms with van der Waals surface area (Å²) >= 11 is 0. The monoisotopic (exact) mass is 494 g/mol. The molecule has 0 aliphatic carbocycles. The van der Waals surface area contributed by atoms with E-state index < -0.39 is 0 Å². The first-order chi connectivity index (χ1) is 16.7. The van der Waals surface area contributed by atoms with Gasteiger partial charge >= 0.3 is 0 Å². The molecule has 0 heterocycles. The minimum atomic E-state index is -0.142. The molecule has 2 aromatic rings. The summed E-state index contributed by atoms with van der Waals surface area (Å²) in [5.41, 5.74) is 9.25. The van der Waals surface area contributed by atoms with E-state index in [2.05, 4.69) is 88.3 Å². The summed E-state index contributed by atoms with van der Waals surface area (Å²) in [4.78, 5) is 0. The van der Waals surface area contributed by atoms with Gasteiger partial charge in [-0.1, -0.05) is 93.7 Å². The van der Waals surface area contributed by atoms with Crippen LogP contribution in [0.1, 0.15) is 151 Å². The lowest BCUT2D eigenvalue weighted by Gasteiger charge is -2.31. The van der Waals surface area contributed by atoms with E-state index in [4.69, 9.17) is 0 Å². The molecule has 0 aliphatic rings. The van der Waals surface area contributed by atoms with Gasteiger partial charge in [-0.05, 0) is 101 Å². The van der Waals surface area contributed by atoms with Crippen LogP contribution in [0.15, 0.2) is 12.1 Å². The highest BCUT2D eigenvalue weighted by molar-refractivity contribution is 5.58. The van der Waals surface area contributed by atoms with Crippen LogP contribution in [0, 0.1) is 13.8 Å². The predicted octanol–water partition coefficient (Wildman–Crippen LogP) is 9.93. The highest BCUT2D eigenvalue weighted by Gasteiger charge is 2.30. The quantitative estimate of drug-likeness (QED) is 0.345. The number of unbranched alkanes of at least 4 members (excludes halogenated alkanes) is 2. The zero-order valence-electron chi connectivity index (χ0n) is 25.3. The number of hydrogen-bond acceptors (Lipinski definition) is 2. The van der Waals surface area contributed by atoms with Crippen LogP contribution in [0.2, 0.25) is 0 Å². The molecule has 0 aromatic heterocycles. The molecule has 2 N–H and O–H groups in total. The molecule has 0 fully saturated rings. The zero-order chi connectivity index (χ0) is 27.4. The van der Waals surface area contributed by atoms with E-state index in [0.29, 0.717) is 11.5 Å². The second kappa shape index (κ2) is 12.1. The molecule has 0 radical (unpaired) electrons. The van der Waals surface area contributed by atoms with E-state index in [1.54, 1.807) is 0 Å². The van der Waals surface area contributed by atoms with Crippen LogP contribution in [-0.2, 0) is 23.7 Å². The van der Waals surface area contributed by atoms with Gasteiger partial charge in [-0.2, -0.15) is 0 Å². The van der Waals surface area contributed by atoms with Crippen molar-refractivity contribution >= 4 is 0 Å². The van der Waals surface area contributed by atoms with Gasteiger partial charge in [0.25, 0.3) is 0 Å². The lowest BCUT2D eigenvalue weighted by Crippen LogP contribution is -2.18. The first-order valence-corrected chi connectivity index (χ1v) is 14.4. The van der Waals surface area contributed by atoms with E-state index in [1.807, 2.05) is 0 Å². The maximum absolute atomic E-state index is 11.4. The Labute approximate surface area is 222 Å². The fraction of sp³-hybridized carbons (Fsp3) is 0.647. The molecule has 2 nitrogen and oxygen atoms in total. The van der Waals surface area contributed by atoms with Crippen LogP contribution in [0.5, 0.6) is 11.5 Å². The summed E-state index contributed by atoms with van der Waals surface area (Å²) in [6.45, 7) is 24.3. The predicted molar refractivity (Wildman–Crippen MR) is 157 cm³/mol. The zero-order valence-corrected chi connectivity index (χ0v) is 25.3. The minimum Gasteiger partial charge on any atom is -0.507 e. The van der Waals surface area contributed by atoms with Crippen LogP contribution in [0.3, 0.4) is 0 Å². The fourth-order valence-electron chi connectivity index (χ4n) is 5.65. The maximum atomic E-state index is 11.4. The molecular weight excluding hydrogens is 440 g/mol. The number of rotatable bonds is 10. The molecule has 2 heteroatoms. The molecule has 2 aromatic carbocycles. The van der Waals surface area contributed by atoms with E-state index in [9.17, 15) is 10.2 Å². The average molecular weight is 495 g/mol. The molecule has 0 atom stereocenters. The van der Waals surface area contributed by atoms with Gasteiger partial charge in [0, 0.05) is 5.92 Å². The highest BCUT2D eigenvalue weighted by Crippen LogP contribution is 2.46. The van der Waals surface area contributed by atoms with E-state index >= 15 is 0 Å². The number of benzene rings is 2. The second-order valence-electron chi connectivity index (χ2n) is 13.0. The Kier molecular flexibility index (Phi) is 10.1. The molecule has 0 amide bonds. The van der Waals surface area contributed by atoms with Gasteiger partial charge in [-0.15, -0.1) is 0 Å². The van der Waals surface area contributed by atoms with Crippen molar-refractivity contribution in [3.05, 3.63) is 56.6 Å². The molecule has 0 unspecified atom stereocenters. The Morgan fingerprint density at radius 1 is 0.639 bits per heavy atom. The number of aromatic hydroxyl groups is 2. The second-order valence-corrected chi connectivity index (χ2v) is 13.0. The van der Waals surface area contributed by atoms with Gasteiger partial charge in [-0.25, -0.2) is 0 Å². The van der Waals surface area contributed by atoms with E-state index in [0.717, 1.165) is 73.6 Å². The van der Waals surface area contributed by atoms with Crippen molar-refractivity contribution in [2.75, 3.05) is 0 Å². The standard InChI is InChI=1S/C34H54O2/c1-12-15-18-24-22(4)27(20-29(31(24)35)33(6,7)8)26(17-14-3)28-21-30(34(9,10)11)32(36)25(23(28)5)19-16-13-2/h20-21,26,35-36H,12-19H2,1-11H3. The fourth-order valence-corrected chi connectivity index (χ4v) is 5.65. The maximum Gasteiger partial charge on any atom is 0.122 e. The van der Waals surface area contributed by atoms with Crippen LogP contribution in [-0.4, -0.2) is 10.2 Å². The van der Waals surface area contributed by atoms with Gasteiger partial charge < -0.3 is 10.2 Å². The molecule has 202 valence electrons. The normalized spacial score (nSPS) is 12.6. The molecule has 0 aliphatic heterocycles. The van der Waals surface area contributed by atoms with Gasteiger partial charge in [0.05, 0.1) is 0 Å². The van der Waals surface area contributed by atoms with Gasteiger partial charge in [0.1, 0.15) is 11.5 Å². The molecule has 36 heavy (non-hydrogen) atoms. The number of phenols is 2. The Bertz CT molecular complexity index is 950. The van der Waals surface area contributed by atoms with Crippen molar-refractivity contribution in [1.29, 1.82) is 0 Å². The number of hydrogen-bond donors (Lipinski definition) is 2. The minimum absolute atomic E-state index is 0.142. The first kappa shape index (κ1) is 30.3. The van der Waals surface area contributed by atoms with Crippen molar-refractivity contribution in [3.8, 4) is 11.5 Å². The van der Waals surface area contributed by atoms with Crippen molar-refractivity contribution in [3.63, 3.8) is 0 Å². The highest BCUT2D eigenvalue weighted by atomic mass is 16.3. The van der Waals surface area contributed by atoms with Crippen LogP contribution in [0.4, 0.5) is 0 Å². The SMILES string of the molecule is CCCCc1c(C)c(C(CCC)c2cc(C(C)(C)C)c(O)c(CCCC)c2C)cc(C(C)(C)C)c1O. The third-order valence-corrected chi connectivity index (χ3v) is 7.96. The Morgan fingerprint density at radius 3 is 1.28 bits per heavy atom. The smallest absolute Gasteiger partial charge is 0.122 e. The summed E-state index contributed by atoms with van der Waals surface area (Å²) < 4.78 is 0. The van der Waals surface area contributed by atoms with Gasteiger partial charge in [0.2, 0.25) is 0 Å². The Balaban J connectivity index is 2.94. The summed E-state index contributed by atoms with van der Waals surface area (Å²) in [6, 6.07) is 4.60. The van der Waals surface area contributed by atoms with Gasteiger partial charge in [-0.3, -0.25) is 0 Å².